The molecular weight excluding hydrogens is 421 g/mol. The molecule has 4 rings (SSSR count). The van der Waals surface area contributed by atoms with Crippen molar-refractivity contribution in [1.29, 1.82) is 0 Å². The highest BCUT2D eigenvalue weighted by atomic mass is 32.2. The van der Waals surface area contributed by atoms with Crippen LogP contribution in [-0.4, -0.2) is 47.2 Å². The normalized spacial score (nSPS) is 17.6. The van der Waals surface area contributed by atoms with Crippen molar-refractivity contribution >= 4 is 21.7 Å². The van der Waals surface area contributed by atoms with Crippen LogP contribution in [0.3, 0.4) is 0 Å². The maximum Gasteiger partial charge on any atom is 0.246 e. The highest BCUT2D eigenvalue weighted by molar-refractivity contribution is 7.89. The van der Waals surface area contributed by atoms with Gasteiger partial charge in [0.15, 0.2) is 5.82 Å². The molecule has 0 spiro atoms. The second-order valence-corrected chi connectivity index (χ2v) is 9.43. The fraction of sp³-hybridized carbons (Fsp3) is 0.333. The molecule has 10 heteroatoms. The van der Waals surface area contributed by atoms with Crippen molar-refractivity contribution in [3.63, 3.8) is 0 Å². The van der Waals surface area contributed by atoms with Gasteiger partial charge in [-0.3, -0.25) is 4.68 Å². The van der Waals surface area contributed by atoms with Gasteiger partial charge in [0.05, 0.1) is 12.3 Å². The number of halogens is 1. The fourth-order valence-corrected chi connectivity index (χ4v) is 5.00. The van der Waals surface area contributed by atoms with E-state index in [9.17, 15) is 12.8 Å². The summed E-state index contributed by atoms with van der Waals surface area (Å²) in [7, 11) is -2.14. The lowest BCUT2D eigenvalue weighted by Crippen LogP contribution is -2.42. The number of anilines is 2. The second kappa shape index (κ2) is 8.37. The Hall–Kier alpha value is -2.82. The molecule has 0 unspecified atom stereocenters. The van der Waals surface area contributed by atoms with Crippen LogP contribution in [0.2, 0.25) is 0 Å². The number of hydrogen-bond donors (Lipinski definition) is 1. The summed E-state index contributed by atoms with van der Waals surface area (Å²) >= 11 is 0. The molecule has 1 aromatic carbocycles. The summed E-state index contributed by atoms with van der Waals surface area (Å²) in [5.74, 6) is 0.473. The number of ether oxygens (including phenoxy) is 1. The van der Waals surface area contributed by atoms with Gasteiger partial charge in [-0.25, -0.2) is 17.8 Å². The van der Waals surface area contributed by atoms with Gasteiger partial charge in [0.2, 0.25) is 10.0 Å². The average molecular weight is 446 g/mol. The number of sulfonamides is 1. The number of nitrogens with zero attached hydrogens (tertiary/aromatic N) is 4. The molecule has 1 atom stereocenters. The van der Waals surface area contributed by atoms with E-state index in [1.807, 2.05) is 26.1 Å². The number of aryl methyl sites for hydroxylation is 3. The minimum Gasteiger partial charge on any atom is -0.369 e. The molecule has 1 saturated heterocycles. The predicted molar refractivity (Wildman–Crippen MR) is 114 cm³/mol. The zero-order chi connectivity index (χ0) is 22.2. The Balaban J connectivity index is 1.55. The average Bonchev–Trinajstić information content (AvgIpc) is 3.06. The Morgan fingerprint density at radius 2 is 1.97 bits per heavy atom. The van der Waals surface area contributed by atoms with Gasteiger partial charge in [-0.2, -0.15) is 9.40 Å². The summed E-state index contributed by atoms with van der Waals surface area (Å²) < 4.78 is 49.2. The molecule has 2 aromatic heterocycles. The maximum absolute atomic E-state index is 14.3. The molecule has 164 valence electrons. The summed E-state index contributed by atoms with van der Waals surface area (Å²) in [5.41, 5.74) is 2.26. The van der Waals surface area contributed by atoms with Crippen LogP contribution in [-0.2, 0) is 21.8 Å². The third kappa shape index (κ3) is 4.46. The fourth-order valence-electron chi connectivity index (χ4n) is 3.42. The largest absolute Gasteiger partial charge is 0.369 e. The summed E-state index contributed by atoms with van der Waals surface area (Å²) in [4.78, 5) is 4.25. The zero-order valence-electron chi connectivity index (χ0n) is 17.5. The predicted octanol–water partition coefficient (Wildman–Crippen LogP) is 3.08. The quantitative estimate of drug-likeness (QED) is 0.649. The summed E-state index contributed by atoms with van der Waals surface area (Å²) in [5, 5.41) is 7.50. The van der Waals surface area contributed by atoms with Crippen LogP contribution in [0.15, 0.2) is 47.4 Å². The molecule has 3 heterocycles. The van der Waals surface area contributed by atoms with Crippen molar-refractivity contribution in [1.82, 2.24) is 19.1 Å². The first-order valence-electron chi connectivity index (χ1n) is 9.86. The minimum atomic E-state index is -3.99. The van der Waals surface area contributed by atoms with Crippen molar-refractivity contribution < 1.29 is 17.5 Å². The van der Waals surface area contributed by atoms with E-state index in [0.29, 0.717) is 22.9 Å². The first kappa shape index (κ1) is 21.4. The highest BCUT2D eigenvalue weighted by Gasteiger charge is 2.33. The van der Waals surface area contributed by atoms with E-state index in [1.165, 1.54) is 16.4 Å². The Morgan fingerprint density at radius 3 is 2.71 bits per heavy atom. The zero-order valence-corrected chi connectivity index (χ0v) is 18.4. The monoisotopic (exact) mass is 445 g/mol. The molecule has 1 aliphatic rings. The van der Waals surface area contributed by atoms with Crippen molar-refractivity contribution in [2.75, 3.05) is 25.0 Å². The highest BCUT2D eigenvalue weighted by Crippen LogP contribution is 2.28. The summed E-state index contributed by atoms with van der Waals surface area (Å²) in [6, 6.07) is 11.4. The van der Waals surface area contributed by atoms with Gasteiger partial charge >= 0.3 is 0 Å². The Kier molecular flexibility index (Phi) is 5.78. The van der Waals surface area contributed by atoms with Crippen molar-refractivity contribution in [2.45, 2.75) is 24.8 Å². The first-order chi connectivity index (χ1) is 14.7. The SMILES string of the molecule is Cc1ccc(F)c(S(=O)(=O)N2CCO[C@H](c3cccc(Nc4cc(C)n(C)n4)n3)C2)c1. The first-order valence-corrected chi connectivity index (χ1v) is 11.3. The topological polar surface area (TPSA) is 89.4 Å². The molecular formula is C21H24FN5O3S. The maximum atomic E-state index is 14.3. The van der Waals surface area contributed by atoms with E-state index >= 15 is 0 Å². The van der Waals surface area contributed by atoms with E-state index < -0.39 is 21.9 Å². The third-order valence-electron chi connectivity index (χ3n) is 5.20. The molecule has 31 heavy (non-hydrogen) atoms. The van der Waals surface area contributed by atoms with Crippen LogP contribution >= 0.6 is 0 Å². The van der Waals surface area contributed by atoms with Crippen LogP contribution < -0.4 is 5.32 Å². The Bertz CT molecular complexity index is 1190. The second-order valence-electron chi connectivity index (χ2n) is 7.52. The van der Waals surface area contributed by atoms with Gasteiger partial charge < -0.3 is 10.1 Å². The molecule has 3 aromatic rings. The van der Waals surface area contributed by atoms with Gasteiger partial charge in [-0.1, -0.05) is 12.1 Å². The van der Waals surface area contributed by atoms with Crippen molar-refractivity contribution in [3.05, 3.63) is 65.2 Å². The van der Waals surface area contributed by atoms with Crippen LogP contribution in [0.5, 0.6) is 0 Å². The van der Waals surface area contributed by atoms with E-state index in [2.05, 4.69) is 15.4 Å². The minimum absolute atomic E-state index is 0.0505. The van der Waals surface area contributed by atoms with Crippen molar-refractivity contribution in [3.8, 4) is 0 Å². The smallest absolute Gasteiger partial charge is 0.246 e. The molecule has 0 saturated carbocycles. The number of nitrogens with one attached hydrogen (secondary N) is 1. The van der Waals surface area contributed by atoms with E-state index in [1.54, 1.807) is 29.8 Å². The van der Waals surface area contributed by atoms with Crippen molar-refractivity contribution in [2.24, 2.45) is 7.05 Å². The van der Waals surface area contributed by atoms with E-state index in [-0.39, 0.29) is 24.6 Å². The van der Waals surface area contributed by atoms with Crippen LogP contribution in [0.4, 0.5) is 16.0 Å². The number of morpholine rings is 1. The number of pyridine rings is 1. The Morgan fingerprint density at radius 1 is 1.16 bits per heavy atom. The number of rotatable bonds is 5. The molecule has 0 bridgehead atoms. The van der Waals surface area contributed by atoms with Gasteiger partial charge in [0, 0.05) is 31.9 Å². The van der Waals surface area contributed by atoms with Gasteiger partial charge in [0.25, 0.3) is 0 Å². The van der Waals surface area contributed by atoms with Crippen LogP contribution in [0.25, 0.3) is 0 Å². The van der Waals surface area contributed by atoms with Gasteiger partial charge in [0.1, 0.15) is 22.6 Å². The Labute approximate surface area is 180 Å². The standard InChI is InChI=1S/C21H24FN5O3S/c1-14-7-8-16(22)19(11-14)31(28,29)27-9-10-30-18(13-27)17-5-4-6-20(23-17)24-21-12-15(2)26(3)25-21/h4-8,11-12,18H,9-10,13H2,1-3H3,(H,23,24,25)/t18-/m0/s1. The van der Waals surface area contributed by atoms with Gasteiger partial charge in [-0.05, 0) is 43.7 Å². The summed E-state index contributed by atoms with van der Waals surface area (Å²) in [6.45, 7) is 4.07. The molecule has 1 fully saturated rings. The number of hydrogen-bond acceptors (Lipinski definition) is 6. The molecule has 8 nitrogen and oxygen atoms in total. The molecule has 1 aliphatic heterocycles. The van der Waals surface area contributed by atoms with Crippen LogP contribution in [0.1, 0.15) is 23.1 Å². The van der Waals surface area contributed by atoms with Gasteiger partial charge in [-0.15, -0.1) is 0 Å². The number of aromatic nitrogens is 3. The van der Waals surface area contributed by atoms with Crippen LogP contribution in [0, 0.1) is 19.7 Å². The lowest BCUT2D eigenvalue weighted by Gasteiger charge is -2.32. The number of benzene rings is 1. The van der Waals surface area contributed by atoms with E-state index in [4.69, 9.17) is 4.74 Å². The van der Waals surface area contributed by atoms with E-state index in [0.717, 1.165) is 5.69 Å². The lowest BCUT2D eigenvalue weighted by molar-refractivity contribution is -0.00491. The molecule has 0 amide bonds. The summed E-state index contributed by atoms with van der Waals surface area (Å²) in [6.07, 6.45) is -0.566. The molecule has 1 N–H and O–H groups in total. The molecule has 0 aliphatic carbocycles. The third-order valence-corrected chi connectivity index (χ3v) is 7.08. The lowest BCUT2D eigenvalue weighted by atomic mass is 10.2. The molecule has 0 radical (unpaired) electrons.